The minimum Gasteiger partial charge on any atom is -0.478 e. The molecule has 0 radical (unpaired) electrons. The fourth-order valence-electron chi connectivity index (χ4n) is 1.58. The molecule has 0 fully saturated rings. The molecule has 8 nitrogen and oxygen atoms in total. The van der Waals surface area contributed by atoms with Crippen molar-refractivity contribution in [2.24, 2.45) is 0 Å². The van der Waals surface area contributed by atoms with E-state index in [1.165, 1.54) is 18.6 Å². The Morgan fingerprint density at radius 1 is 1.38 bits per heavy atom. The highest BCUT2D eigenvalue weighted by Gasteiger charge is 2.11. The summed E-state index contributed by atoms with van der Waals surface area (Å²) in [5.74, 6) is -1.08. The van der Waals surface area contributed by atoms with Gasteiger partial charge in [0, 0.05) is 30.8 Å². The van der Waals surface area contributed by atoms with Crippen LogP contribution in [0.4, 0.5) is 0 Å². The van der Waals surface area contributed by atoms with Crippen LogP contribution in [0, 0.1) is 0 Å². The van der Waals surface area contributed by atoms with Gasteiger partial charge in [-0.2, -0.15) is 4.98 Å². The molecule has 21 heavy (non-hydrogen) atoms. The molecule has 0 unspecified atom stereocenters. The van der Waals surface area contributed by atoms with Crippen molar-refractivity contribution in [1.29, 1.82) is 0 Å². The Bertz CT molecular complexity index is 652. The summed E-state index contributed by atoms with van der Waals surface area (Å²) in [5.41, 5.74) is 0.579. The molecule has 2 rings (SSSR count). The second kappa shape index (κ2) is 6.94. The highest BCUT2D eigenvalue weighted by molar-refractivity contribution is 5.97. The first-order chi connectivity index (χ1) is 10.2. The van der Waals surface area contributed by atoms with E-state index in [4.69, 9.17) is 9.63 Å². The number of hydrogen-bond acceptors (Lipinski definition) is 6. The molecule has 2 heterocycles. The van der Waals surface area contributed by atoms with E-state index in [2.05, 4.69) is 20.4 Å². The van der Waals surface area contributed by atoms with Gasteiger partial charge in [-0.25, -0.2) is 4.79 Å². The van der Waals surface area contributed by atoms with Crippen LogP contribution in [0.15, 0.2) is 35.3 Å². The number of amides is 1. The van der Waals surface area contributed by atoms with Gasteiger partial charge in [0.1, 0.15) is 5.69 Å². The summed E-state index contributed by atoms with van der Waals surface area (Å²) in [6, 6.07) is 3.23. The molecule has 0 saturated carbocycles. The van der Waals surface area contributed by atoms with Gasteiger partial charge in [-0.15, -0.1) is 0 Å². The van der Waals surface area contributed by atoms with Gasteiger partial charge in [0.25, 0.3) is 5.91 Å². The summed E-state index contributed by atoms with van der Waals surface area (Å²) >= 11 is 0. The van der Waals surface area contributed by atoms with Crippen molar-refractivity contribution in [2.75, 3.05) is 6.54 Å². The van der Waals surface area contributed by atoms with Crippen LogP contribution in [0.1, 0.15) is 21.9 Å². The van der Waals surface area contributed by atoms with Gasteiger partial charge in [0.2, 0.25) is 5.89 Å². The molecule has 2 aromatic heterocycles. The van der Waals surface area contributed by atoms with E-state index < -0.39 is 11.9 Å². The van der Waals surface area contributed by atoms with Gasteiger partial charge in [-0.05, 0) is 12.1 Å². The van der Waals surface area contributed by atoms with Crippen LogP contribution in [0.3, 0.4) is 0 Å². The van der Waals surface area contributed by atoms with Gasteiger partial charge in [0.05, 0.1) is 0 Å². The van der Waals surface area contributed by atoms with Crippen LogP contribution in [-0.2, 0) is 11.2 Å². The highest BCUT2D eigenvalue weighted by atomic mass is 16.5. The van der Waals surface area contributed by atoms with E-state index in [9.17, 15) is 9.59 Å². The molecule has 108 valence electrons. The third-order valence-electron chi connectivity index (χ3n) is 2.49. The number of rotatable bonds is 6. The van der Waals surface area contributed by atoms with Gasteiger partial charge >= 0.3 is 5.97 Å². The van der Waals surface area contributed by atoms with E-state index in [1.807, 2.05) is 0 Å². The molecule has 0 aromatic carbocycles. The summed E-state index contributed by atoms with van der Waals surface area (Å²) in [5, 5.41) is 14.7. The lowest BCUT2D eigenvalue weighted by molar-refractivity contribution is -0.131. The van der Waals surface area contributed by atoms with Gasteiger partial charge in [-0.1, -0.05) is 11.2 Å². The second-order valence-electron chi connectivity index (χ2n) is 3.95. The quantitative estimate of drug-likeness (QED) is 0.744. The zero-order valence-corrected chi connectivity index (χ0v) is 10.9. The van der Waals surface area contributed by atoms with Crippen molar-refractivity contribution in [2.45, 2.75) is 6.42 Å². The Morgan fingerprint density at radius 2 is 2.24 bits per heavy atom. The first kappa shape index (κ1) is 14.4. The summed E-state index contributed by atoms with van der Waals surface area (Å²) in [7, 11) is 0. The van der Waals surface area contributed by atoms with Crippen LogP contribution in [0.25, 0.3) is 6.08 Å². The van der Waals surface area contributed by atoms with E-state index in [-0.39, 0.29) is 5.69 Å². The molecule has 8 heteroatoms. The van der Waals surface area contributed by atoms with E-state index >= 15 is 0 Å². The molecule has 0 aliphatic heterocycles. The molecular formula is C13H12N4O4. The molecule has 0 aliphatic carbocycles. The smallest absolute Gasteiger partial charge is 0.328 e. The van der Waals surface area contributed by atoms with Gasteiger partial charge in [-0.3, -0.25) is 9.78 Å². The van der Waals surface area contributed by atoms with E-state index in [0.29, 0.717) is 24.4 Å². The predicted molar refractivity (Wildman–Crippen MR) is 71.2 cm³/mol. The zero-order chi connectivity index (χ0) is 15.1. The number of carbonyl (C=O) groups excluding carboxylic acids is 1. The normalized spacial score (nSPS) is 10.7. The standard InChI is InChI=1S/C13H12N4O4/c18-11(19)4-3-9-2-1-6-14-12(9)13(20)15-7-5-10-16-8-17-21-10/h1-4,6,8H,5,7H2,(H,15,20)(H,18,19)/b4-3+. The monoisotopic (exact) mass is 288 g/mol. The number of pyridine rings is 1. The number of nitrogens with zero attached hydrogens (tertiary/aromatic N) is 3. The summed E-state index contributed by atoms with van der Waals surface area (Å²) < 4.78 is 4.81. The lowest BCUT2D eigenvalue weighted by atomic mass is 10.1. The molecule has 0 saturated heterocycles. The van der Waals surface area contributed by atoms with Crippen molar-refractivity contribution in [1.82, 2.24) is 20.4 Å². The SMILES string of the molecule is O=C(O)/C=C/c1cccnc1C(=O)NCCc1ncno1. The van der Waals surface area contributed by atoms with Crippen LogP contribution < -0.4 is 5.32 Å². The average molecular weight is 288 g/mol. The highest BCUT2D eigenvalue weighted by Crippen LogP contribution is 2.07. The minimum atomic E-state index is -1.10. The summed E-state index contributed by atoms with van der Waals surface area (Å²) in [6.07, 6.45) is 5.42. The first-order valence-corrected chi connectivity index (χ1v) is 6.06. The maximum Gasteiger partial charge on any atom is 0.328 e. The molecule has 2 aromatic rings. The van der Waals surface area contributed by atoms with E-state index in [0.717, 1.165) is 6.08 Å². The van der Waals surface area contributed by atoms with Crippen molar-refractivity contribution < 1.29 is 19.2 Å². The molecule has 0 bridgehead atoms. The van der Waals surface area contributed by atoms with Crippen LogP contribution in [0.5, 0.6) is 0 Å². The van der Waals surface area contributed by atoms with Gasteiger partial charge < -0.3 is 14.9 Å². The summed E-state index contributed by atoms with van der Waals surface area (Å²) in [6.45, 7) is 0.305. The number of nitrogens with one attached hydrogen (secondary N) is 1. The maximum atomic E-state index is 12.0. The predicted octanol–water partition coefficient (Wildman–Crippen LogP) is 0.535. The minimum absolute atomic E-state index is 0.153. The lowest BCUT2D eigenvalue weighted by Crippen LogP contribution is -2.27. The molecular weight excluding hydrogens is 276 g/mol. The number of aliphatic carboxylic acids is 1. The molecule has 1 amide bonds. The Balaban J connectivity index is 2.00. The zero-order valence-electron chi connectivity index (χ0n) is 10.9. The number of carbonyl (C=O) groups is 2. The number of aromatic nitrogens is 3. The number of hydrogen-bond donors (Lipinski definition) is 2. The van der Waals surface area contributed by atoms with Crippen molar-refractivity contribution in [3.63, 3.8) is 0 Å². The van der Waals surface area contributed by atoms with Crippen LogP contribution in [-0.4, -0.2) is 38.7 Å². The van der Waals surface area contributed by atoms with Crippen LogP contribution >= 0.6 is 0 Å². The second-order valence-corrected chi connectivity index (χ2v) is 3.95. The first-order valence-electron chi connectivity index (χ1n) is 6.06. The van der Waals surface area contributed by atoms with Crippen molar-refractivity contribution in [3.8, 4) is 0 Å². The van der Waals surface area contributed by atoms with Crippen LogP contribution in [0.2, 0.25) is 0 Å². The summed E-state index contributed by atoms with van der Waals surface area (Å²) in [4.78, 5) is 30.3. The number of carboxylic acids is 1. The van der Waals surface area contributed by atoms with E-state index in [1.54, 1.807) is 12.1 Å². The molecule has 0 aliphatic rings. The molecule has 2 N–H and O–H groups in total. The average Bonchev–Trinajstić information content (AvgIpc) is 2.98. The molecule has 0 atom stereocenters. The fourth-order valence-corrected chi connectivity index (χ4v) is 1.58. The Morgan fingerprint density at radius 3 is 2.95 bits per heavy atom. The maximum absolute atomic E-state index is 12.0. The fraction of sp³-hybridized carbons (Fsp3) is 0.154. The Kier molecular flexibility index (Phi) is 4.75. The molecule has 0 spiro atoms. The third-order valence-corrected chi connectivity index (χ3v) is 2.49. The Hall–Kier alpha value is -3.03. The van der Waals surface area contributed by atoms with Crippen molar-refractivity contribution in [3.05, 3.63) is 47.9 Å². The largest absolute Gasteiger partial charge is 0.478 e. The van der Waals surface area contributed by atoms with Crippen molar-refractivity contribution >= 4 is 18.0 Å². The van der Waals surface area contributed by atoms with Gasteiger partial charge in [0.15, 0.2) is 6.33 Å². The Labute approximate surface area is 119 Å². The topological polar surface area (TPSA) is 118 Å². The lowest BCUT2D eigenvalue weighted by Gasteiger charge is -2.05. The third kappa shape index (κ3) is 4.23. The number of carboxylic acid groups (broad SMARTS) is 1.